The van der Waals surface area contributed by atoms with Crippen LogP contribution in [-0.2, 0) is 4.79 Å². The molecule has 6 nitrogen and oxygen atoms in total. The molecule has 0 aliphatic carbocycles. The summed E-state index contributed by atoms with van der Waals surface area (Å²) >= 11 is 6.35. The van der Waals surface area contributed by atoms with E-state index in [1.165, 1.54) is 0 Å². The lowest BCUT2D eigenvalue weighted by molar-refractivity contribution is -0.122. The second-order valence-corrected chi connectivity index (χ2v) is 7.00. The molecule has 28 heavy (non-hydrogen) atoms. The third-order valence-electron chi connectivity index (χ3n) is 4.85. The lowest BCUT2D eigenvalue weighted by Crippen LogP contribution is -2.54. The van der Waals surface area contributed by atoms with Crippen molar-refractivity contribution in [3.8, 4) is 16.9 Å². The van der Waals surface area contributed by atoms with Crippen LogP contribution < -0.4 is 10.1 Å². The van der Waals surface area contributed by atoms with Crippen molar-refractivity contribution in [3.05, 3.63) is 71.9 Å². The molecule has 0 radical (unpaired) electrons. The van der Waals surface area contributed by atoms with Crippen LogP contribution in [0.25, 0.3) is 11.1 Å². The van der Waals surface area contributed by atoms with Crippen LogP contribution in [0, 0.1) is 0 Å². The van der Waals surface area contributed by atoms with Gasteiger partial charge in [0.05, 0.1) is 24.5 Å². The number of nitrogens with one attached hydrogen (secondary N) is 1. The van der Waals surface area contributed by atoms with Gasteiger partial charge in [0.15, 0.2) is 0 Å². The average molecular weight is 398 g/mol. The van der Waals surface area contributed by atoms with Gasteiger partial charge in [-0.05, 0) is 24.3 Å². The zero-order valence-electron chi connectivity index (χ0n) is 15.1. The van der Waals surface area contributed by atoms with Crippen molar-refractivity contribution in [1.82, 2.24) is 15.2 Å². The maximum atomic E-state index is 11.7. The standard InChI is InChI=1S/C21H20ClN3O3/c22-19-6-2-1-5-17(19)18-7-9-27-21(18)20-12-25(14-26)15(10-24-20)13-28-16-4-3-8-23-11-16/h1-9,11,14-15,20,24H,10,12-13H2. The van der Waals surface area contributed by atoms with E-state index in [1.807, 2.05) is 42.5 Å². The van der Waals surface area contributed by atoms with Gasteiger partial charge in [-0.2, -0.15) is 0 Å². The van der Waals surface area contributed by atoms with Crippen LogP contribution in [0.5, 0.6) is 5.75 Å². The Morgan fingerprint density at radius 2 is 2.14 bits per heavy atom. The number of furan rings is 1. The molecule has 1 aromatic carbocycles. The zero-order chi connectivity index (χ0) is 19.3. The van der Waals surface area contributed by atoms with Crippen molar-refractivity contribution in [2.45, 2.75) is 12.1 Å². The predicted octanol–water partition coefficient (Wildman–Crippen LogP) is 3.55. The first kappa shape index (κ1) is 18.5. The number of benzene rings is 1. The van der Waals surface area contributed by atoms with Gasteiger partial charge in [-0.3, -0.25) is 9.78 Å². The van der Waals surface area contributed by atoms with Crippen molar-refractivity contribution in [1.29, 1.82) is 0 Å². The Morgan fingerprint density at radius 1 is 1.25 bits per heavy atom. The number of hydrogen-bond acceptors (Lipinski definition) is 5. The largest absolute Gasteiger partial charge is 0.490 e. The van der Waals surface area contributed by atoms with E-state index in [2.05, 4.69) is 10.3 Å². The highest BCUT2D eigenvalue weighted by Gasteiger charge is 2.31. The molecule has 0 saturated carbocycles. The fourth-order valence-corrected chi connectivity index (χ4v) is 3.63. The second-order valence-electron chi connectivity index (χ2n) is 6.59. The van der Waals surface area contributed by atoms with Crippen molar-refractivity contribution in [3.63, 3.8) is 0 Å². The molecule has 3 heterocycles. The first-order valence-corrected chi connectivity index (χ1v) is 9.43. The lowest BCUT2D eigenvalue weighted by Gasteiger charge is -2.37. The maximum Gasteiger partial charge on any atom is 0.210 e. The van der Waals surface area contributed by atoms with E-state index < -0.39 is 0 Å². The van der Waals surface area contributed by atoms with E-state index in [4.69, 9.17) is 20.8 Å². The molecule has 4 rings (SSSR count). The molecule has 1 aliphatic rings. The number of halogens is 1. The Bertz CT molecular complexity index is 931. The van der Waals surface area contributed by atoms with E-state index in [-0.39, 0.29) is 12.1 Å². The summed E-state index contributed by atoms with van der Waals surface area (Å²) in [6.07, 6.45) is 5.86. The molecule has 2 unspecified atom stereocenters. The number of aromatic nitrogens is 1. The molecule has 1 fully saturated rings. The van der Waals surface area contributed by atoms with Crippen molar-refractivity contribution in [2.24, 2.45) is 0 Å². The summed E-state index contributed by atoms with van der Waals surface area (Å²) in [4.78, 5) is 17.5. The molecule has 0 bridgehead atoms. The van der Waals surface area contributed by atoms with Crippen molar-refractivity contribution >= 4 is 18.0 Å². The zero-order valence-corrected chi connectivity index (χ0v) is 15.9. The smallest absolute Gasteiger partial charge is 0.210 e. The van der Waals surface area contributed by atoms with Gasteiger partial charge >= 0.3 is 0 Å². The number of carbonyl (C=O) groups is 1. The van der Waals surface area contributed by atoms with Gasteiger partial charge in [0.25, 0.3) is 0 Å². The van der Waals surface area contributed by atoms with Gasteiger partial charge in [0.1, 0.15) is 18.1 Å². The average Bonchev–Trinajstić information content (AvgIpc) is 3.23. The summed E-state index contributed by atoms with van der Waals surface area (Å²) in [5.74, 6) is 1.45. The molecule has 2 atom stereocenters. The topological polar surface area (TPSA) is 67.6 Å². The van der Waals surface area contributed by atoms with Gasteiger partial charge in [-0.25, -0.2) is 0 Å². The van der Waals surface area contributed by atoms with E-state index in [0.29, 0.717) is 30.5 Å². The number of ether oxygens (including phenoxy) is 1. The Labute approximate surface area is 168 Å². The first-order chi connectivity index (χ1) is 13.8. The first-order valence-electron chi connectivity index (χ1n) is 9.06. The minimum atomic E-state index is -0.124. The molecule has 1 amide bonds. The highest BCUT2D eigenvalue weighted by Crippen LogP contribution is 2.35. The van der Waals surface area contributed by atoms with E-state index in [9.17, 15) is 4.79 Å². The summed E-state index contributed by atoms with van der Waals surface area (Å²) < 4.78 is 11.5. The van der Waals surface area contributed by atoms with Crippen LogP contribution in [0.15, 0.2) is 65.5 Å². The van der Waals surface area contributed by atoms with Gasteiger partial charge in [-0.1, -0.05) is 29.8 Å². The molecule has 0 spiro atoms. The van der Waals surface area contributed by atoms with Crippen LogP contribution >= 0.6 is 11.6 Å². The van der Waals surface area contributed by atoms with E-state index in [1.54, 1.807) is 23.6 Å². The Morgan fingerprint density at radius 3 is 2.93 bits per heavy atom. The molecule has 7 heteroatoms. The third-order valence-corrected chi connectivity index (χ3v) is 5.18. The number of nitrogens with zero attached hydrogens (tertiary/aromatic N) is 2. The summed E-state index contributed by atoms with van der Waals surface area (Å²) in [5, 5.41) is 4.13. The van der Waals surface area contributed by atoms with Crippen molar-refractivity contribution in [2.75, 3.05) is 19.7 Å². The minimum absolute atomic E-state index is 0.0762. The van der Waals surface area contributed by atoms with Crippen LogP contribution in [0.4, 0.5) is 0 Å². The highest BCUT2D eigenvalue weighted by atomic mass is 35.5. The molecule has 2 aromatic heterocycles. The molecular formula is C21H20ClN3O3. The Balaban J connectivity index is 1.47. The summed E-state index contributed by atoms with van der Waals surface area (Å²) in [6, 6.07) is 13.0. The van der Waals surface area contributed by atoms with Crippen molar-refractivity contribution < 1.29 is 13.9 Å². The van der Waals surface area contributed by atoms with E-state index in [0.717, 1.165) is 23.3 Å². The van der Waals surface area contributed by atoms with Gasteiger partial charge in [-0.15, -0.1) is 0 Å². The third kappa shape index (κ3) is 3.88. The molecule has 1 saturated heterocycles. The normalized spacial score (nSPS) is 19.4. The Hall–Kier alpha value is -2.83. The predicted molar refractivity (Wildman–Crippen MR) is 106 cm³/mol. The van der Waals surface area contributed by atoms with Crippen LogP contribution in [-0.4, -0.2) is 42.0 Å². The fraction of sp³-hybridized carbons (Fsp3) is 0.238. The molecule has 1 aliphatic heterocycles. The highest BCUT2D eigenvalue weighted by molar-refractivity contribution is 6.33. The minimum Gasteiger partial charge on any atom is -0.490 e. The summed E-state index contributed by atoms with van der Waals surface area (Å²) in [6.45, 7) is 1.46. The molecule has 1 N–H and O–H groups in total. The second kappa shape index (κ2) is 8.46. The molecule has 3 aromatic rings. The number of pyridine rings is 1. The fourth-order valence-electron chi connectivity index (χ4n) is 3.40. The number of carbonyl (C=O) groups excluding carboxylic acids is 1. The lowest BCUT2D eigenvalue weighted by atomic mass is 10.00. The van der Waals surface area contributed by atoms with Crippen LogP contribution in [0.3, 0.4) is 0 Å². The van der Waals surface area contributed by atoms with Gasteiger partial charge in [0, 0.05) is 35.4 Å². The quantitative estimate of drug-likeness (QED) is 0.644. The summed E-state index contributed by atoms with van der Waals surface area (Å²) in [5.41, 5.74) is 1.84. The summed E-state index contributed by atoms with van der Waals surface area (Å²) in [7, 11) is 0. The van der Waals surface area contributed by atoms with Gasteiger partial charge < -0.3 is 19.4 Å². The molecule has 144 valence electrons. The maximum absolute atomic E-state index is 11.7. The number of piperazine rings is 1. The van der Waals surface area contributed by atoms with Crippen LogP contribution in [0.2, 0.25) is 5.02 Å². The molecular weight excluding hydrogens is 378 g/mol. The monoisotopic (exact) mass is 397 g/mol. The number of amides is 1. The number of rotatable bonds is 6. The number of hydrogen-bond donors (Lipinski definition) is 1. The van der Waals surface area contributed by atoms with Crippen LogP contribution in [0.1, 0.15) is 11.8 Å². The SMILES string of the molecule is O=CN1CC(c2occc2-c2ccccc2Cl)NCC1COc1cccnc1. The van der Waals surface area contributed by atoms with E-state index >= 15 is 0 Å². The van der Waals surface area contributed by atoms with Gasteiger partial charge in [0.2, 0.25) is 6.41 Å². The Kier molecular flexibility index (Phi) is 5.60.